The maximum absolute atomic E-state index is 17.2. The third-order valence-electron chi connectivity index (χ3n) is 5.09. The van der Waals surface area contributed by atoms with Gasteiger partial charge >= 0.3 is 138 Å². The number of hydrogen-bond acceptors (Lipinski definition) is 3. The van der Waals surface area contributed by atoms with Crippen LogP contribution in [0.25, 0.3) is 0 Å². The van der Waals surface area contributed by atoms with Crippen LogP contribution in [0, 0.1) is 0 Å². The Morgan fingerprint density at radius 1 is 0.909 bits per heavy atom. The average Bonchev–Trinajstić information content (AvgIpc) is 2.38. The van der Waals surface area contributed by atoms with E-state index in [1.165, 1.54) is 0 Å². The molecule has 0 bridgehead atoms. The van der Waals surface area contributed by atoms with Crippen molar-refractivity contribution < 1.29 is 8.72 Å². The van der Waals surface area contributed by atoms with Gasteiger partial charge in [-0.2, -0.15) is 0 Å². The average molecular weight is 353 g/mol. The van der Waals surface area contributed by atoms with E-state index in [4.69, 9.17) is 4.52 Å². The Bertz CT molecular complexity index is 358. The normalized spacial score (nSPS) is 29.1. The van der Waals surface area contributed by atoms with Crippen LogP contribution in [0.15, 0.2) is 0 Å². The van der Waals surface area contributed by atoms with Crippen molar-refractivity contribution in [3.8, 4) is 0 Å². The molecule has 0 spiro atoms. The van der Waals surface area contributed by atoms with Crippen LogP contribution in [0.2, 0.25) is 19.6 Å². The van der Waals surface area contributed by atoms with Gasteiger partial charge in [0, 0.05) is 0 Å². The van der Waals surface area contributed by atoms with E-state index in [2.05, 4.69) is 54.3 Å². The summed E-state index contributed by atoms with van der Waals surface area (Å²) in [6.45, 7) is 20.3. The molecule has 1 aliphatic heterocycles. The van der Waals surface area contributed by atoms with Gasteiger partial charge in [0.1, 0.15) is 0 Å². The second-order valence-corrected chi connectivity index (χ2v) is 17.0. The summed E-state index contributed by atoms with van der Waals surface area (Å²) in [7, 11) is -5.64. The van der Waals surface area contributed by atoms with Gasteiger partial charge in [-0.1, -0.05) is 0 Å². The number of halogens is 1. The van der Waals surface area contributed by atoms with Crippen LogP contribution < -0.4 is 0 Å². The molecule has 22 heavy (non-hydrogen) atoms. The van der Waals surface area contributed by atoms with E-state index in [1.807, 2.05) is 9.34 Å². The second-order valence-electron chi connectivity index (χ2n) is 7.43. The van der Waals surface area contributed by atoms with Gasteiger partial charge in [0.15, 0.2) is 0 Å². The summed E-state index contributed by atoms with van der Waals surface area (Å²) in [6, 6.07) is 0. The summed E-state index contributed by atoms with van der Waals surface area (Å²) in [5, 5.41) is 0.109. The zero-order valence-electron chi connectivity index (χ0n) is 16.0. The molecule has 0 unspecified atom stereocenters. The topological polar surface area (TPSA) is 15.7 Å². The first-order chi connectivity index (χ1) is 10.1. The standard InChI is InChI=1S/C16H38FN2OPSi/c1-9-14-15-16(22(6,7)8)21(17,20-15,18(10-2)11-3)19(12-4)13-5/h15-16H,9-14H2,1-8H3/t15-,16+/m0/s1. The fourth-order valence-electron chi connectivity index (χ4n) is 4.43. The van der Waals surface area contributed by atoms with Crippen LogP contribution in [0.1, 0.15) is 47.5 Å². The van der Waals surface area contributed by atoms with Gasteiger partial charge in [0.2, 0.25) is 0 Å². The quantitative estimate of drug-likeness (QED) is 0.414. The van der Waals surface area contributed by atoms with Gasteiger partial charge < -0.3 is 0 Å². The molecule has 0 aromatic rings. The summed E-state index contributed by atoms with van der Waals surface area (Å²) in [5.74, 6) is 0. The maximum atomic E-state index is 17.2. The molecule has 0 N–H and O–H groups in total. The van der Waals surface area contributed by atoms with Gasteiger partial charge in [0.25, 0.3) is 0 Å². The predicted octanol–water partition coefficient (Wildman–Crippen LogP) is 5.30. The van der Waals surface area contributed by atoms with E-state index in [0.29, 0.717) is 0 Å². The Labute approximate surface area is 138 Å². The molecule has 1 aliphatic rings. The van der Waals surface area contributed by atoms with Gasteiger partial charge in [-0.25, -0.2) is 0 Å². The summed E-state index contributed by atoms with van der Waals surface area (Å²) in [6.07, 6.45) is 2.16. The molecule has 134 valence electrons. The van der Waals surface area contributed by atoms with E-state index >= 15 is 4.20 Å². The second kappa shape index (κ2) is 7.14. The summed E-state index contributed by atoms with van der Waals surface area (Å²) >= 11 is 0. The van der Waals surface area contributed by atoms with Gasteiger partial charge in [-0.3, -0.25) is 0 Å². The molecule has 1 saturated heterocycles. The fraction of sp³-hybridized carbons (Fsp3) is 1.00. The van der Waals surface area contributed by atoms with Crippen LogP contribution in [-0.4, -0.2) is 55.0 Å². The molecule has 0 aromatic carbocycles. The van der Waals surface area contributed by atoms with E-state index in [9.17, 15) is 0 Å². The monoisotopic (exact) mass is 352 g/mol. The molecule has 0 aliphatic carbocycles. The van der Waals surface area contributed by atoms with Crippen LogP contribution in [0.5, 0.6) is 0 Å². The molecular formula is C16H38FN2OPSi. The van der Waals surface area contributed by atoms with Crippen molar-refractivity contribution in [1.82, 2.24) is 9.34 Å². The molecule has 0 radical (unpaired) electrons. The summed E-state index contributed by atoms with van der Waals surface area (Å²) < 4.78 is 27.6. The van der Waals surface area contributed by atoms with Crippen LogP contribution in [0.4, 0.5) is 4.20 Å². The van der Waals surface area contributed by atoms with Gasteiger partial charge in [-0.15, -0.1) is 0 Å². The zero-order valence-corrected chi connectivity index (χ0v) is 17.9. The molecular weight excluding hydrogens is 314 g/mol. The number of hydrogen-bond donors (Lipinski definition) is 0. The summed E-state index contributed by atoms with van der Waals surface area (Å²) in [4.78, 5) is 0. The van der Waals surface area contributed by atoms with Crippen molar-refractivity contribution in [2.75, 3.05) is 26.2 Å². The van der Waals surface area contributed by atoms with Crippen molar-refractivity contribution in [2.24, 2.45) is 0 Å². The number of nitrogens with zero attached hydrogens (tertiary/aromatic N) is 2. The number of rotatable bonds is 9. The van der Waals surface area contributed by atoms with Crippen molar-refractivity contribution >= 4 is 15.5 Å². The first-order valence-electron chi connectivity index (χ1n) is 9.08. The molecule has 0 saturated carbocycles. The Balaban J connectivity index is 3.44. The Morgan fingerprint density at radius 2 is 1.32 bits per heavy atom. The van der Waals surface area contributed by atoms with Crippen LogP contribution in [0.3, 0.4) is 0 Å². The molecule has 6 heteroatoms. The van der Waals surface area contributed by atoms with Crippen molar-refractivity contribution in [1.29, 1.82) is 0 Å². The first-order valence-corrected chi connectivity index (χ1v) is 14.7. The van der Waals surface area contributed by atoms with E-state index in [-0.39, 0.29) is 11.4 Å². The molecule has 0 amide bonds. The van der Waals surface area contributed by atoms with Crippen molar-refractivity contribution in [2.45, 2.75) is 78.5 Å². The molecule has 2 atom stereocenters. The zero-order chi connectivity index (χ0) is 17.2. The third-order valence-corrected chi connectivity index (χ3v) is 16.0. The fourth-order valence-corrected chi connectivity index (χ4v) is 17.1. The van der Waals surface area contributed by atoms with E-state index in [0.717, 1.165) is 39.0 Å². The summed E-state index contributed by atoms with van der Waals surface area (Å²) in [5.41, 5.74) is 0. The molecule has 1 heterocycles. The Morgan fingerprint density at radius 3 is 1.59 bits per heavy atom. The van der Waals surface area contributed by atoms with Gasteiger partial charge in [-0.05, 0) is 0 Å². The SMILES string of the molecule is CCC[C@@H]1OP(F)(N(CC)CC)(N(CC)CC)[C@@H]1[Si](C)(C)C. The third kappa shape index (κ3) is 2.92. The van der Waals surface area contributed by atoms with Crippen LogP contribution >= 0.6 is 7.44 Å². The van der Waals surface area contributed by atoms with Gasteiger partial charge in [0.05, 0.1) is 0 Å². The Hall–Kier alpha value is 0.457. The predicted molar refractivity (Wildman–Crippen MR) is 101 cm³/mol. The van der Waals surface area contributed by atoms with Crippen molar-refractivity contribution in [3.05, 3.63) is 0 Å². The van der Waals surface area contributed by atoms with E-state index in [1.54, 1.807) is 0 Å². The molecule has 3 nitrogen and oxygen atoms in total. The van der Waals surface area contributed by atoms with E-state index < -0.39 is 15.5 Å². The van der Waals surface area contributed by atoms with Crippen molar-refractivity contribution in [3.63, 3.8) is 0 Å². The molecule has 1 fully saturated rings. The molecule has 0 aromatic heterocycles. The minimum atomic E-state index is -3.94. The molecule has 1 rings (SSSR count). The first kappa shape index (κ1) is 20.5. The minimum absolute atomic E-state index is 0.109. The Kier molecular flexibility index (Phi) is 6.66. The van der Waals surface area contributed by atoms with Crippen LogP contribution in [-0.2, 0) is 4.52 Å².